The third kappa shape index (κ3) is 8.69. The molecular weight excluding hydrogens is 522 g/mol. The second-order valence-electron chi connectivity index (χ2n) is 12.8. The molecule has 0 aliphatic carbocycles. The van der Waals surface area contributed by atoms with Crippen LogP contribution in [-0.4, -0.2) is 96.4 Å². The smallest absolute Gasteiger partial charge is 0.308 e. The van der Waals surface area contributed by atoms with Gasteiger partial charge in [-0.25, -0.2) is 0 Å². The van der Waals surface area contributed by atoms with E-state index in [-0.39, 0.29) is 43.2 Å². The number of rotatable bonds is 15. The number of unbranched alkanes of at least 4 members (excludes halogenated alkanes) is 1. The Morgan fingerprint density at radius 3 is 2.44 bits per heavy atom. The maximum Gasteiger partial charge on any atom is 0.308 e. The topological polar surface area (TPSA) is 103 Å². The number of aliphatic hydroxyl groups excluding tert-OH is 1. The number of hydrogen-bond donors (Lipinski definition) is 2. The van der Waals surface area contributed by atoms with E-state index in [0.717, 1.165) is 31.4 Å². The summed E-state index contributed by atoms with van der Waals surface area (Å²) in [7, 11) is 4.07. The molecule has 1 fully saturated rings. The second-order valence-corrected chi connectivity index (χ2v) is 12.8. The highest BCUT2D eigenvalue weighted by atomic mass is 16.7. The monoisotopic (exact) mass is 573 g/mol. The fourth-order valence-electron chi connectivity index (χ4n) is 6.46. The number of carboxylic acid groups (broad SMARTS) is 1. The summed E-state index contributed by atoms with van der Waals surface area (Å²) in [5.74, 6) is -0.881. The number of allylic oxidation sites excluding steroid dienone is 2. The Balaban J connectivity index is 1.97. The van der Waals surface area contributed by atoms with Crippen molar-refractivity contribution in [2.75, 3.05) is 53.6 Å². The molecule has 1 aromatic carbocycles. The van der Waals surface area contributed by atoms with Gasteiger partial charge in [0, 0.05) is 37.2 Å². The van der Waals surface area contributed by atoms with E-state index in [9.17, 15) is 19.8 Å². The van der Waals surface area contributed by atoms with E-state index in [1.807, 2.05) is 31.1 Å². The minimum Gasteiger partial charge on any atom is -0.481 e. The average Bonchev–Trinajstić information content (AvgIpc) is 3.49. The first-order chi connectivity index (χ1) is 19.4. The van der Waals surface area contributed by atoms with Crippen LogP contribution >= 0.6 is 0 Å². The van der Waals surface area contributed by atoms with Crippen LogP contribution in [0, 0.1) is 11.3 Å². The van der Waals surface area contributed by atoms with Crippen LogP contribution < -0.4 is 9.47 Å². The SMILES string of the molecule is CCCCN(CCCN(C)C)C(=O)CN1C[C@H](c2cc(CO)c3c(c2)OCO3)[C@@H](C(=O)O)[C@@H]1CC(C)(C)C=C(C)C. The summed E-state index contributed by atoms with van der Waals surface area (Å²) in [6, 6.07) is 3.34. The molecule has 2 heterocycles. The molecule has 230 valence electrons. The molecule has 2 N–H and O–H groups in total. The number of nitrogens with zero attached hydrogens (tertiary/aromatic N) is 3. The van der Waals surface area contributed by atoms with E-state index in [0.29, 0.717) is 43.1 Å². The molecule has 0 spiro atoms. The van der Waals surface area contributed by atoms with E-state index >= 15 is 0 Å². The van der Waals surface area contributed by atoms with Gasteiger partial charge >= 0.3 is 5.97 Å². The van der Waals surface area contributed by atoms with Crippen molar-refractivity contribution in [2.24, 2.45) is 11.3 Å². The number of amides is 1. The van der Waals surface area contributed by atoms with Gasteiger partial charge in [0.05, 0.1) is 19.1 Å². The maximum atomic E-state index is 13.8. The largest absolute Gasteiger partial charge is 0.481 e. The lowest BCUT2D eigenvalue weighted by atomic mass is 9.77. The molecule has 0 unspecified atom stereocenters. The molecule has 9 nitrogen and oxygen atoms in total. The van der Waals surface area contributed by atoms with Gasteiger partial charge < -0.3 is 29.5 Å². The molecule has 2 aliphatic rings. The molecule has 0 aromatic heterocycles. The Kier molecular flexibility index (Phi) is 11.6. The summed E-state index contributed by atoms with van der Waals surface area (Å²) in [6.07, 6.45) is 5.62. The van der Waals surface area contributed by atoms with Crippen molar-refractivity contribution in [3.05, 3.63) is 34.9 Å². The molecule has 2 aliphatic heterocycles. The lowest BCUT2D eigenvalue weighted by Gasteiger charge is -2.34. The fourth-order valence-corrected chi connectivity index (χ4v) is 6.46. The fraction of sp³-hybridized carbons (Fsp3) is 0.688. The number of carbonyl (C=O) groups excluding carboxylic acids is 1. The van der Waals surface area contributed by atoms with Gasteiger partial charge in [0.1, 0.15) is 0 Å². The molecule has 3 rings (SSSR count). The molecule has 9 heteroatoms. The first kappa shape index (κ1) is 32.9. The molecule has 1 saturated heterocycles. The van der Waals surface area contributed by atoms with E-state index in [1.165, 1.54) is 5.57 Å². The summed E-state index contributed by atoms with van der Waals surface area (Å²) >= 11 is 0. The zero-order chi connectivity index (χ0) is 30.3. The lowest BCUT2D eigenvalue weighted by molar-refractivity contribution is -0.144. The number of carbonyl (C=O) groups is 2. The van der Waals surface area contributed by atoms with Gasteiger partial charge in [-0.2, -0.15) is 0 Å². The highest BCUT2D eigenvalue weighted by Crippen LogP contribution is 2.46. The van der Waals surface area contributed by atoms with Crippen molar-refractivity contribution in [3.8, 4) is 11.5 Å². The number of benzene rings is 1. The molecule has 0 saturated carbocycles. The minimum atomic E-state index is -0.875. The van der Waals surface area contributed by atoms with Gasteiger partial charge in [-0.05, 0) is 76.9 Å². The molecule has 0 bridgehead atoms. The quantitative estimate of drug-likeness (QED) is 0.299. The summed E-state index contributed by atoms with van der Waals surface area (Å²) in [5, 5.41) is 20.6. The standard InChI is InChI=1S/C32H51N3O6/c1-8-9-12-34(13-10-11-33(6)7)28(37)19-35-18-25(23-14-24(20-36)30-27(15-23)40-21-41-30)29(31(38)39)26(35)17-32(4,5)16-22(2)3/h14-16,25-26,29,36H,8-13,17-21H2,1-7H3,(H,38,39)/t25-,26+,29-/m1/s1. The van der Waals surface area contributed by atoms with Gasteiger partial charge in [-0.1, -0.05) is 38.8 Å². The summed E-state index contributed by atoms with van der Waals surface area (Å²) < 4.78 is 11.2. The van der Waals surface area contributed by atoms with Crippen molar-refractivity contribution < 1.29 is 29.3 Å². The van der Waals surface area contributed by atoms with Gasteiger partial charge in [0.25, 0.3) is 0 Å². The predicted octanol–water partition coefficient (Wildman–Crippen LogP) is 4.34. The molecule has 3 atom stereocenters. The van der Waals surface area contributed by atoms with Crippen LogP contribution in [0.1, 0.15) is 77.3 Å². The van der Waals surface area contributed by atoms with E-state index in [4.69, 9.17) is 9.47 Å². The molecule has 0 radical (unpaired) electrons. The van der Waals surface area contributed by atoms with Crippen LogP contribution in [0.3, 0.4) is 0 Å². The van der Waals surface area contributed by atoms with Crippen molar-refractivity contribution >= 4 is 11.9 Å². The first-order valence-corrected chi connectivity index (χ1v) is 15.0. The number of aliphatic carboxylic acids is 1. The average molecular weight is 574 g/mol. The number of carboxylic acids is 1. The van der Waals surface area contributed by atoms with Crippen LogP contribution in [0.2, 0.25) is 0 Å². The zero-order valence-electron chi connectivity index (χ0n) is 26.1. The number of fused-ring (bicyclic) bond motifs is 1. The van der Waals surface area contributed by atoms with E-state index in [1.54, 1.807) is 0 Å². The normalized spacial score (nSPS) is 20.5. The van der Waals surface area contributed by atoms with Crippen LogP contribution in [0.25, 0.3) is 0 Å². The first-order valence-electron chi connectivity index (χ1n) is 15.0. The molecular formula is C32H51N3O6. The van der Waals surface area contributed by atoms with E-state index in [2.05, 4.69) is 50.5 Å². The minimum absolute atomic E-state index is 0.0498. The van der Waals surface area contributed by atoms with Gasteiger partial charge in [0.2, 0.25) is 12.7 Å². The van der Waals surface area contributed by atoms with E-state index < -0.39 is 11.9 Å². The molecule has 1 aromatic rings. The Labute approximate surface area is 246 Å². The Morgan fingerprint density at radius 1 is 1.12 bits per heavy atom. The number of likely N-dealkylation sites (tertiary alicyclic amines) is 1. The van der Waals surface area contributed by atoms with Crippen LogP contribution in [0.4, 0.5) is 0 Å². The highest BCUT2D eigenvalue weighted by Gasteiger charge is 2.49. The predicted molar refractivity (Wildman–Crippen MR) is 160 cm³/mol. The Morgan fingerprint density at radius 2 is 1.83 bits per heavy atom. The van der Waals surface area contributed by atoms with Gasteiger partial charge in [-0.15, -0.1) is 0 Å². The molecule has 1 amide bonds. The van der Waals surface area contributed by atoms with Crippen molar-refractivity contribution in [3.63, 3.8) is 0 Å². The van der Waals surface area contributed by atoms with Crippen molar-refractivity contribution in [1.29, 1.82) is 0 Å². The van der Waals surface area contributed by atoms with Gasteiger partial charge in [0.15, 0.2) is 11.5 Å². The zero-order valence-corrected chi connectivity index (χ0v) is 26.1. The summed E-state index contributed by atoms with van der Waals surface area (Å²) in [5.41, 5.74) is 2.29. The Hall–Kier alpha value is -2.62. The van der Waals surface area contributed by atoms with Crippen LogP contribution in [0.15, 0.2) is 23.8 Å². The Bertz CT molecular complexity index is 1080. The van der Waals surface area contributed by atoms with Crippen LogP contribution in [0.5, 0.6) is 11.5 Å². The maximum absolute atomic E-state index is 13.8. The lowest BCUT2D eigenvalue weighted by Crippen LogP contribution is -2.46. The van der Waals surface area contributed by atoms with Gasteiger partial charge in [-0.3, -0.25) is 14.5 Å². The van der Waals surface area contributed by atoms with Crippen LogP contribution in [-0.2, 0) is 16.2 Å². The third-order valence-electron chi connectivity index (χ3n) is 8.12. The number of aliphatic hydroxyl groups is 1. The molecule has 41 heavy (non-hydrogen) atoms. The number of hydrogen-bond acceptors (Lipinski definition) is 7. The summed E-state index contributed by atoms with van der Waals surface area (Å²) in [6.45, 7) is 13.2. The highest BCUT2D eigenvalue weighted by molar-refractivity contribution is 5.79. The summed E-state index contributed by atoms with van der Waals surface area (Å²) in [4.78, 5) is 32.9. The van der Waals surface area contributed by atoms with Crippen molar-refractivity contribution in [2.45, 2.75) is 78.9 Å². The third-order valence-corrected chi connectivity index (χ3v) is 8.12. The second kappa shape index (κ2) is 14.5. The number of ether oxygens (including phenoxy) is 2. The van der Waals surface area contributed by atoms with Crippen molar-refractivity contribution in [1.82, 2.24) is 14.7 Å².